The summed E-state index contributed by atoms with van der Waals surface area (Å²) in [6.07, 6.45) is 4.87. The maximum Gasteiger partial charge on any atom is 0.306 e. The molecule has 0 saturated carbocycles. The van der Waals surface area contributed by atoms with Crippen LogP contribution < -0.4 is 4.68 Å². The topological polar surface area (TPSA) is 42.0 Å². The van der Waals surface area contributed by atoms with Gasteiger partial charge in [-0.3, -0.25) is 4.79 Å². The summed E-state index contributed by atoms with van der Waals surface area (Å²) in [6, 6.07) is 0.314. The molecule has 22 heavy (non-hydrogen) atoms. The molecule has 0 spiro atoms. The normalized spacial score (nSPS) is 33.0. The molecule has 0 radical (unpaired) electrons. The quantitative estimate of drug-likeness (QED) is 0.482. The van der Waals surface area contributed by atoms with Gasteiger partial charge in [0.25, 0.3) is 0 Å². The van der Waals surface area contributed by atoms with Crippen LogP contribution in [-0.4, -0.2) is 26.5 Å². The predicted molar refractivity (Wildman–Crippen MR) is 81.3 cm³/mol. The van der Waals surface area contributed by atoms with E-state index in [0.717, 1.165) is 25.1 Å². The van der Waals surface area contributed by atoms with Crippen molar-refractivity contribution >= 4 is 5.91 Å². The molecule has 3 aliphatic heterocycles. The van der Waals surface area contributed by atoms with Crippen LogP contribution in [0.4, 0.5) is 0 Å². The summed E-state index contributed by atoms with van der Waals surface area (Å²) in [4.78, 5) is 18.6. The number of allylic oxidation sites excluding steroid dienone is 1. The number of aromatic nitrogens is 3. The first-order valence-corrected chi connectivity index (χ1v) is 8.07. The first-order valence-electron chi connectivity index (χ1n) is 8.07. The molecule has 3 aliphatic rings. The van der Waals surface area contributed by atoms with Crippen molar-refractivity contribution < 1.29 is 9.48 Å². The van der Waals surface area contributed by atoms with E-state index in [1.54, 1.807) is 0 Å². The van der Waals surface area contributed by atoms with E-state index in [1.165, 1.54) is 11.3 Å². The van der Waals surface area contributed by atoms with E-state index in [2.05, 4.69) is 34.8 Å². The third-order valence-electron chi connectivity index (χ3n) is 5.69. The molecule has 0 unspecified atom stereocenters. The van der Waals surface area contributed by atoms with Gasteiger partial charge >= 0.3 is 6.33 Å². The molecule has 0 aromatic carbocycles. The van der Waals surface area contributed by atoms with Crippen LogP contribution >= 0.6 is 0 Å². The van der Waals surface area contributed by atoms with Crippen LogP contribution in [0.25, 0.3) is 0 Å². The highest BCUT2D eigenvalue weighted by atomic mass is 16.2. The number of carbonyl (C=O) groups is 1. The summed E-state index contributed by atoms with van der Waals surface area (Å²) >= 11 is 0. The molecule has 5 heteroatoms. The van der Waals surface area contributed by atoms with E-state index in [1.807, 2.05) is 24.5 Å². The van der Waals surface area contributed by atoms with E-state index < -0.39 is 0 Å². The Morgan fingerprint density at radius 1 is 1.55 bits per heavy atom. The Hall–Kier alpha value is -1.91. The summed E-state index contributed by atoms with van der Waals surface area (Å²) in [5, 5.41) is 0. The van der Waals surface area contributed by atoms with Crippen LogP contribution in [0.1, 0.15) is 27.2 Å². The monoisotopic (exact) mass is 299 g/mol. The number of rotatable bonds is 3. The lowest BCUT2D eigenvalue weighted by atomic mass is 9.76. The highest BCUT2D eigenvalue weighted by molar-refractivity contribution is 5.91. The second-order valence-corrected chi connectivity index (χ2v) is 7.12. The molecule has 1 saturated heterocycles. The van der Waals surface area contributed by atoms with Crippen LogP contribution in [0.5, 0.6) is 0 Å². The molecule has 3 atom stereocenters. The van der Waals surface area contributed by atoms with Gasteiger partial charge in [-0.15, -0.1) is 0 Å². The molecule has 0 N–H and O–H groups in total. The number of β-lactam (4-membered cyclic amide) rings is 1. The number of carbonyl (C=O) groups excluding carboxylic acids is 1. The number of hydrogen-bond acceptors (Lipinski definition) is 2. The van der Waals surface area contributed by atoms with Crippen molar-refractivity contribution in [1.82, 2.24) is 14.6 Å². The second-order valence-electron chi connectivity index (χ2n) is 7.12. The number of hydrogen-bond donors (Lipinski definition) is 0. The standard InChI is InChI=1S/C17H23N4O/c1-10(2)15-16-11(3)14(12(4)21(16)17(15)22)5-13-6-19-8-18-9-20(19)7-13/h8-9,11,13,15-16H,1,5-7H2,2-4H3/q+1/t11-,15+,16+/m0/s1. The summed E-state index contributed by atoms with van der Waals surface area (Å²) < 4.78 is 4.35. The average molecular weight is 299 g/mol. The molecule has 1 amide bonds. The average Bonchev–Trinajstić information content (AvgIpc) is 3.05. The Bertz CT molecular complexity index is 681. The molecule has 5 nitrogen and oxygen atoms in total. The second kappa shape index (κ2) is 4.54. The van der Waals surface area contributed by atoms with Crippen molar-refractivity contribution in [2.45, 2.75) is 46.3 Å². The van der Waals surface area contributed by atoms with Gasteiger partial charge in [0.1, 0.15) is 6.54 Å². The summed E-state index contributed by atoms with van der Waals surface area (Å²) in [5.74, 6) is 1.32. The first kappa shape index (κ1) is 13.7. The van der Waals surface area contributed by atoms with Gasteiger partial charge in [-0.2, -0.15) is 9.36 Å². The van der Waals surface area contributed by atoms with E-state index in [4.69, 9.17) is 0 Å². The molecule has 1 aromatic heterocycles. The molecule has 4 rings (SSSR count). The zero-order valence-corrected chi connectivity index (χ0v) is 13.5. The predicted octanol–water partition coefficient (Wildman–Crippen LogP) is 1.52. The third kappa shape index (κ3) is 1.68. The van der Waals surface area contributed by atoms with Crippen molar-refractivity contribution in [2.24, 2.45) is 17.8 Å². The van der Waals surface area contributed by atoms with Gasteiger partial charge in [0.05, 0.1) is 18.5 Å². The molecule has 0 bridgehead atoms. The Balaban J connectivity index is 1.53. The maximum atomic E-state index is 12.4. The van der Waals surface area contributed by atoms with Crippen LogP contribution in [0.15, 0.2) is 36.1 Å². The smallest absolute Gasteiger partial charge is 0.306 e. The largest absolute Gasteiger partial charge is 0.311 e. The minimum atomic E-state index is 0.0263. The molecule has 1 fully saturated rings. The number of nitrogens with zero attached hydrogens (tertiary/aromatic N) is 4. The van der Waals surface area contributed by atoms with E-state index >= 15 is 0 Å². The molecule has 1 aromatic rings. The van der Waals surface area contributed by atoms with Gasteiger partial charge < -0.3 is 4.90 Å². The third-order valence-corrected chi connectivity index (χ3v) is 5.69. The number of fused-ring (bicyclic) bond motifs is 2. The van der Waals surface area contributed by atoms with Crippen molar-refractivity contribution in [2.75, 3.05) is 0 Å². The molecular weight excluding hydrogens is 276 g/mol. The fourth-order valence-corrected chi connectivity index (χ4v) is 4.58. The van der Waals surface area contributed by atoms with Gasteiger partial charge in [-0.25, -0.2) is 0 Å². The Labute approximate surface area is 130 Å². The van der Waals surface area contributed by atoms with Gasteiger partial charge in [0, 0.05) is 17.5 Å². The number of amides is 1. The zero-order chi connectivity index (χ0) is 15.6. The van der Waals surface area contributed by atoms with Crippen LogP contribution in [0.2, 0.25) is 0 Å². The Kier molecular flexibility index (Phi) is 2.83. The SMILES string of the molecule is C=C(C)[C@H]1C(=O)N2C(C)=C(CC3Cn4cnc[n+]4C3)[C@H](C)[C@H]12. The fourth-order valence-electron chi connectivity index (χ4n) is 4.58. The minimum absolute atomic E-state index is 0.0263. The van der Waals surface area contributed by atoms with E-state index in [-0.39, 0.29) is 11.8 Å². The van der Waals surface area contributed by atoms with Crippen LogP contribution in [0, 0.1) is 17.8 Å². The van der Waals surface area contributed by atoms with Crippen LogP contribution in [-0.2, 0) is 17.9 Å². The Morgan fingerprint density at radius 3 is 3.00 bits per heavy atom. The fraction of sp³-hybridized carbons (Fsp3) is 0.588. The summed E-state index contributed by atoms with van der Waals surface area (Å²) in [5.41, 5.74) is 3.66. The van der Waals surface area contributed by atoms with Gasteiger partial charge in [-0.1, -0.05) is 19.1 Å². The van der Waals surface area contributed by atoms with Crippen molar-refractivity contribution in [1.29, 1.82) is 0 Å². The van der Waals surface area contributed by atoms with Crippen LogP contribution in [0.3, 0.4) is 0 Å². The highest BCUT2D eigenvalue weighted by Crippen LogP contribution is 2.49. The molecule has 116 valence electrons. The molecule has 0 aliphatic carbocycles. The van der Waals surface area contributed by atoms with E-state index in [0.29, 0.717) is 17.9 Å². The lowest BCUT2D eigenvalue weighted by molar-refractivity contribution is -0.761. The van der Waals surface area contributed by atoms with Gasteiger partial charge in [0.2, 0.25) is 12.2 Å². The zero-order valence-electron chi connectivity index (χ0n) is 13.5. The lowest BCUT2D eigenvalue weighted by Crippen LogP contribution is -2.59. The lowest BCUT2D eigenvalue weighted by Gasteiger charge is -2.46. The van der Waals surface area contributed by atoms with E-state index in [9.17, 15) is 4.79 Å². The molecular formula is C17H23N4O+. The van der Waals surface area contributed by atoms with Gasteiger partial charge in [-0.05, 0) is 30.8 Å². The van der Waals surface area contributed by atoms with Crippen molar-refractivity contribution in [3.63, 3.8) is 0 Å². The summed E-state index contributed by atoms with van der Waals surface area (Å²) in [7, 11) is 0. The summed E-state index contributed by atoms with van der Waals surface area (Å²) in [6.45, 7) is 12.4. The minimum Gasteiger partial charge on any atom is -0.311 e. The van der Waals surface area contributed by atoms with Gasteiger partial charge in [0.15, 0.2) is 0 Å². The highest BCUT2D eigenvalue weighted by Gasteiger charge is 2.55. The molecule has 4 heterocycles. The maximum absolute atomic E-state index is 12.4. The first-order chi connectivity index (χ1) is 10.5. The van der Waals surface area contributed by atoms with Crippen molar-refractivity contribution in [3.8, 4) is 0 Å². The Morgan fingerprint density at radius 2 is 2.32 bits per heavy atom. The van der Waals surface area contributed by atoms with Crippen molar-refractivity contribution in [3.05, 3.63) is 36.1 Å².